The minimum absolute atomic E-state index is 0.0638. The summed E-state index contributed by atoms with van der Waals surface area (Å²) in [5, 5.41) is 0. The summed E-state index contributed by atoms with van der Waals surface area (Å²) in [7, 11) is 0. The number of fused-ring (bicyclic) bond motifs is 1. The lowest BCUT2D eigenvalue weighted by Gasteiger charge is -1.94. The molecule has 84 valence electrons. The molecule has 1 aromatic heterocycles. The molecule has 5 heteroatoms. The number of para-hydroxylation sites is 1. The molecule has 0 amide bonds. The second-order valence-electron chi connectivity index (χ2n) is 3.26. The molecular formula is C11H11NO4. The molecule has 1 heterocycles. The van der Waals surface area contributed by atoms with Crippen LogP contribution in [0.5, 0.6) is 6.08 Å². The van der Waals surface area contributed by atoms with E-state index >= 15 is 0 Å². The van der Waals surface area contributed by atoms with Gasteiger partial charge in [0.1, 0.15) is 5.52 Å². The molecule has 0 atom stereocenters. The van der Waals surface area contributed by atoms with Crippen LogP contribution in [0.15, 0.2) is 22.6 Å². The zero-order valence-corrected chi connectivity index (χ0v) is 9.02. The van der Waals surface area contributed by atoms with Crippen molar-refractivity contribution < 1.29 is 19.0 Å². The van der Waals surface area contributed by atoms with Crippen LogP contribution < -0.4 is 4.89 Å². The highest BCUT2D eigenvalue weighted by atomic mass is 17.2. The molecule has 0 saturated heterocycles. The number of rotatable bonds is 3. The maximum absolute atomic E-state index is 10.5. The predicted octanol–water partition coefficient (Wildman–Crippen LogP) is 2.25. The van der Waals surface area contributed by atoms with Crippen molar-refractivity contribution in [2.75, 3.05) is 0 Å². The molecule has 0 radical (unpaired) electrons. The number of hydrogen-bond acceptors (Lipinski definition) is 5. The molecule has 5 nitrogen and oxygen atoms in total. The van der Waals surface area contributed by atoms with Crippen LogP contribution in [-0.2, 0) is 16.1 Å². The Bertz CT molecular complexity index is 518. The number of carbonyl (C=O) groups excluding carboxylic acids is 1. The molecule has 0 aliphatic carbocycles. The maximum Gasteiger partial charge on any atom is 0.439 e. The first-order chi connectivity index (χ1) is 7.70. The van der Waals surface area contributed by atoms with Crippen molar-refractivity contribution in [3.63, 3.8) is 0 Å². The Kier molecular flexibility index (Phi) is 2.76. The molecule has 0 bridgehead atoms. The Balaban J connectivity index is 2.32. The highest BCUT2D eigenvalue weighted by Gasteiger charge is 2.11. The summed E-state index contributed by atoms with van der Waals surface area (Å²) >= 11 is 0. The highest BCUT2D eigenvalue weighted by molar-refractivity contribution is 5.77. The van der Waals surface area contributed by atoms with Crippen molar-refractivity contribution in [3.8, 4) is 6.08 Å². The molecule has 2 rings (SSSR count). The van der Waals surface area contributed by atoms with E-state index in [1.165, 1.54) is 6.92 Å². The van der Waals surface area contributed by atoms with Crippen LogP contribution in [-0.4, -0.2) is 11.0 Å². The maximum atomic E-state index is 10.5. The summed E-state index contributed by atoms with van der Waals surface area (Å²) < 4.78 is 5.25. The summed E-state index contributed by atoms with van der Waals surface area (Å²) in [6.45, 7) is 3.26. The number of hydrogen-bond donors (Lipinski definition) is 0. The molecule has 0 spiro atoms. The number of carbonyl (C=O) groups is 1. The number of aromatic nitrogens is 1. The Morgan fingerprint density at radius 3 is 3.00 bits per heavy atom. The third-order valence-electron chi connectivity index (χ3n) is 2.09. The zero-order chi connectivity index (χ0) is 11.5. The normalized spacial score (nSPS) is 10.4. The van der Waals surface area contributed by atoms with Gasteiger partial charge in [-0.1, -0.05) is 19.1 Å². The molecule has 0 fully saturated rings. The van der Waals surface area contributed by atoms with Crippen LogP contribution in [0, 0.1) is 0 Å². The number of oxazole rings is 1. The van der Waals surface area contributed by atoms with E-state index in [1.54, 1.807) is 6.07 Å². The van der Waals surface area contributed by atoms with Crippen molar-refractivity contribution in [1.82, 2.24) is 4.98 Å². The summed E-state index contributed by atoms with van der Waals surface area (Å²) in [4.78, 5) is 23.6. The van der Waals surface area contributed by atoms with Gasteiger partial charge in [-0.15, -0.1) is 0 Å². The van der Waals surface area contributed by atoms with Crippen molar-refractivity contribution >= 4 is 17.1 Å². The summed E-state index contributed by atoms with van der Waals surface area (Å²) in [6.07, 6.45) is 0.780. The number of benzene rings is 1. The van der Waals surface area contributed by atoms with Gasteiger partial charge in [0.05, 0.1) is 0 Å². The minimum atomic E-state index is -0.557. The van der Waals surface area contributed by atoms with E-state index in [0.717, 1.165) is 17.5 Å². The van der Waals surface area contributed by atoms with Crippen LogP contribution in [0.4, 0.5) is 0 Å². The van der Waals surface area contributed by atoms with Gasteiger partial charge in [0.15, 0.2) is 5.58 Å². The lowest BCUT2D eigenvalue weighted by Crippen LogP contribution is -2.02. The van der Waals surface area contributed by atoms with E-state index < -0.39 is 5.97 Å². The van der Waals surface area contributed by atoms with Gasteiger partial charge in [-0.25, -0.2) is 14.6 Å². The van der Waals surface area contributed by atoms with Crippen molar-refractivity contribution in [1.29, 1.82) is 0 Å². The Labute approximate surface area is 91.9 Å². The topological polar surface area (TPSA) is 61.6 Å². The third-order valence-corrected chi connectivity index (χ3v) is 2.09. The lowest BCUT2D eigenvalue weighted by molar-refractivity contribution is -0.219. The van der Waals surface area contributed by atoms with Crippen LogP contribution in [0.3, 0.4) is 0 Å². The summed E-state index contributed by atoms with van der Waals surface area (Å²) in [5.41, 5.74) is 2.40. The van der Waals surface area contributed by atoms with Crippen LogP contribution in [0.25, 0.3) is 11.1 Å². The summed E-state index contributed by atoms with van der Waals surface area (Å²) in [6, 6.07) is 5.62. The molecule has 0 saturated carbocycles. The fraction of sp³-hybridized carbons (Fsp3) is 0.273. The zero-order valence-electron chi connectivity index (χ0n) is 9.02. The van der Waals surface area contributed by atoms with E-state index in [2.05, 4.69) is 14.8 Å². The van der Waals surface area contributed by atoms with E-state index in [4.69, 9.17) is 4.42 Å². The molecule has 2 aromatic rings. The van der Waals surface area contributed by atoms with Gasteiger partial charge in [0, 0.05) is 6.92 Å². The second-order valence-corrected chi connectivity index (χ2v) is 3.26. The fourth-order valence-corrected chi connectivity index (χ4v) is 1.40. The van der Waals surface area contributed by atoms with Gasteiger partial charge < -0.3 is 4.42 Å². The molecule has 0 N–H and O–H groups in total. The smallest absolute Gasteiger partial charge is 0.406 e. The SMILES string of the molecule is CCc1cccc2oc(OOC(C)=O)nc12. The lowest BCUT2D eigenvalue weighted by atomic mass is 10.1. The van der Waals surface area contributed by atoms with E-state index in [0.29, 0.717) is 5.58 Å². The average Bonchev–Trinajstić information content (AvgIpc) is 2.68. The number of aryl methyl sites for hydroxylation is 1. The highest BCUT2D eigenvalue weighted by Crippen LogP contribution is 2.23. The fourth-order valence-electron chi connectivity index (χ4n) is 1.40. The van der Waals surface area contributed by atoms with Gasteiger partial charge in [0.25, 0.3) is 0 Å². The third kappa shape index (κ3) is 1.98. The van der Waals surface area contributed by atoms with Crippen LogP contribution in [0.1, 0.15) is 19.4 Å². The van der Waals surface area contributed by atoms with Gasteiger partial charge in [-0.3, -0.25) is 0 Å². The predicted molar refractivity (Wildman–Crippen MR) is 55.8 cm³/mol. The number of nitrogens with zero attached hydrogens (tertiary/aromatic N) is 1. The average molecular weight is 221 g/mol. The van der Waals surface area contributed by atoms with Gasteiger partial charge in [0.2, 0.25) is 0 Å². The Hall–Kier alpha value is -2.04. The molecule has 0 aliphatic heterocycles. The van der Waals surface area contributed by atoms with Crippen molar-refractivity contribution in [3.05, 3.63) is 23.8 Å². The first kappa shape index (κ1) is 10.5. The second kappa shape index (κ2) is 4.22. The molecule has 0 aliphatic rings. The van der Waals surface area contributed by atoms with E-state index in [9.17, 15) is 4.79 Å². The Morgan fingerprint density at radius 2 is 2.31 bits per heavy atom. The molecule has 1 aromatic carbocycles. The molecular weight excluding hydrogens is 210 g/mol. The minimum Gasteiger partial charge on any atom is -0.406 e. The van der Waals surface area contributed by atoms with Gasteiger partial charge >= 0.3 is 12.0 Å². The first-order valence-corrected chi connectivity index (χ1v) is 4.94. The quantitative estimate of drug-likeness (QED) is 0.587. The largest absolute Gasteiger partial charge is 0.439 e. The standard InChI is InChI=1S/C11H11NO4/c1-3-8-5-4-6-9-10(8)12-11(14-9)16-15-7(2)13/h4-6H,3H2,1-2H3. The summed E-state index contributed by atoms with van der Waals surface area (Å²) in [5.74, 6) is -0.557. The van der Waals surface area contributed by atoms with Crippen molar-refractivity contribution in [2.45, 2.75) is 20.3 Å². The first-order valence-electron chi connectivity index (χ1n) is 4.94. The molecule has 0 unspecified atom stereocenters. The van der Waals surface area contributed by atoms with E-state index in [-0.39, 0.29) is 6.08 Å². The van der Waals surface area contributed by atoms with Gasteiger partial charge in [-0.05, 0) is 18.1 Å². The van der Waals surface area contributed by atoms with Crippen LogP contribution in [0.2, 0.25) is 0 Å². The van der Waals surface area contributed by atoms with Crippen LogP contribution >= 0.6 is 0 Å². The Morgan fingerprint density at radius 1 is 1.50 bits per heavy atom. The monoisotopic (exact) mass is 221 g/mol. The van der Waals surface area contributed by atoms with Gasteiger partial charge in [-0.2, -0.15) is 4.98 Å². The van der Waals surface area contributed by atoms with Crippen molar-refractivity contribution in [2.24, 2.45) is 0 Å². The van der Waals surface area contributed by atoms with E-state index in [1.807, 2.05) is 19.1 Å². The molecule has 16 heavy (non-hydrogen) atoms.